The van der Waals surface area contributed by atoms with Crippen molar-refractivity contribution < 1.29 is 4.79 Å². The Morgan fingerprint density at radius 1 is 1.63 bits per heavy atom. The van der Waals surface area contributed by atoms with Crippen molar-refractivity contribution in [3.8, 4) is 0 Å². The Labute approximate surface area is 118 Å². The van der Waals surface area contributed by atoms with E-state index < -0.39 is 0 Å². The Bertz CT molecular complexity index is 635. The molecular weight excluding hydrogens is 282 g/mol. The molecule has 5 nitrogen and oxygen atoms in total. The van der Waals surface area contributed by atoms with Gasteiger partial charge in [-0.15, -0.1) is 11.3 Å². The summed E-state index contributed by atoms with van der Waals surface area (Å²) in [6.07, 6.45) is 0.895. The van der Waals surface area contributed by atoms with Gasteiger partial charge in [0, 0.05) is 6.04 Å². The number of hydrogen-bond donors (Lipinski definition) is 2. The third-order valence-corrected chi connectivity index (χ3v) is 4.35. The van der Waals surface area contributed by atoms with Gasteiger partial charge >= 0.3 is 0 Å². The van der Waals surface area contributed by atoms with Crippen LogP contribution < -0.4 is 10.9 Å². The second-order valence-corrected chi connectivity index (χ2v) is 6.03. The zero-order valence-electron chi connectivity index (χ0n) is 10.7. The smallest absolute Gasteiger partial charge is 0.260 e. The van der Waals surface area contributed by atoms with E-state index >= 15 is 0 Å². The number of fused-ring (bicyclic) bond motifs is 1. The first-order valence-corrected chi connectivity index (χ1v) is 7.86. The Hall–Kier alpha value is -1.34. The highest BCUT2D eigenvalue weighted by Crippen LogP contribution is 2.18. The summed E-state index contributed by atoms with van der Waals surface area (Å²) in [5.41, 5.74) is -0.156. The van der Waals surface area contributed by atoms with Crippen LogP contribution in [0.2, 0.25) is 0 Å². The van der Waals surface area contributed by atoms with Crippen LogP contribution in [0.25, 0.3) is 10.2 Å². The highest BCUT2D eigenvalue weighted by molar-refractivity contribution is 7.99. The standard InChI is InChI=1S/C12H15N3O2S2/c1-3-7(2)13-9(16)6-19-12-14-10(17)8-4-5-18-11(8)15-12/h4-5,7H,3,6H2,1-2H3,(H,13,16)(H,14,15,17)/t7-/m0/s1. The van der Waals surface area contributed by atoms with Crippen molar-refractivity contribution in [3.05, 3.63) is 21.8 Å². The van der Waals surface area contributed by atoms with Gasteiger partial charge < -0.3 is 10.3 Å². The molecule has 7 heteroatoms. The Morgan fingerprint density at radius 3 is 3.16 bits per heavy atom. The first-order chi connectivity index (χ1) is 9.10. The van der Waals surface area contributed by atoms with Crippen molar-refractivity contribution in [1.29, 1.82) is 0 Å². The molecule has 0 saturated heterocycles. The van der Waals surface area contributed by atoms with Gasteiger partial charge in [-0.05, 0) is 24.8 Å². The maximum Gasteiger partial charge on any atom is 0.260 e. The highest BCUT2D eigenvalue weighted by atomic mass is 32.2. The van der Waals surface area contributed by atoms with Gasteiger partial charge in [0.2, 0.25) is 5.91 Å². The quantitative estimate of drug-likeness (QED) is 0.654. The van der Waals surface area contributed by atoms with Crippen molar-refractivity contribution in [1.82, 2.24) is 15.3 Å². The number of hydrogen-bond acceptors (Lipinski definition) is 5. The summed E-state index contributed by atoms with van der Waals surface area (Å²) in [7, 11) is 0. The van der Waals surface area contributed by atoms with E-state index in [4.69, 9.17) is 0 Å². The van der Waals surface area contributed by atoms with Crippen LogP contribution >= 0.6 is 23.1 Å². The number of H-pyrrole nitrogens is 1. The van der Waals surface area contributed by atoms with Gasteiger partial charge in [0.25, 0.3) is 5.56 Å². The summed E-state index contributed by atoms with van der Waals surface area (Å²) in [5, 5.41) is 5.78. The minimum absolute atomic E-state index is 0.0479. The van der Waals surface area contributed by atoms with E-state index in [1.54, 1.807) is 6.07 Å². The zero-order chi connectivity index (χ0) is 13.8. The minimum atomic E-state index is -0.156. The number of aromatic amines is 1. The predicted molar refractivity (Wildman–Crippen MR) is 78.9 cm³/mol. The van der Waals surface area contributed by atoms with Crippen molar-refractivity contribution in [2.24, 2.45) is 0 Å². The lowest BCUT2D eigenvalue weighted by atomic mass is 10.3. The van der Waals surface area contributed by atoms with E-state index in [1.165, 1.54) is 23.1 Å². The third kappa shape index (κ3) is 3.57. The van der Waals surface area contributed by atoms with Crippen molar-refractivity contribution in [2.75, 3.05) is 5.75 Å². The van der Waals surface area contributed by atoms with Crippen LogP contribution in [0.4, 0.5) is 0 Å². The lowest BCUT2D eigenvalue weighted by molar-refractivity contribution is -0.119. The van der Waals surface area contributed by atoms with Crippen LogP contribution in [0.1, 0.15) is 20.3 Å². The van der Waals surface area contributed by atoms with Gasteiger partial charge in [-0.3, -0.25) is 9.59 Å². The molecule has 2 aromatic rings. The van der Waals surface area contributed by atoms with Gasteiger partial charge in [-0.25, -0.2) is 4.98 Å². The summed E-state index contributed by atoms with van der Waals surface area (Å²) in [5.74, 6) is 0.206. The topological polar surface area (TPSA) is 74.8 Å². The number of rotatable bonds is 5. The average Bonchev–Trinajstić information content (AvgIpc) is 2.85. The molecule has 0 spiro atoms. The fourth-order valence-corrected chi connectivity index (χ4v) is 2.96. The van der Waals surface area contributed by atoms with Gasteiger partial charge in [0.1, 0.15) is 4.83 Å². The van der Waals surface area contributed by atoms with Crippen LogP contribution in [-0.4, -0.2) is 27.7 Å². The maximum absolute atomic E-state index is 11.7. The second kappa shape index (κ2) is 6.21. The third-order valence-electron chi connectivity index (χ3n) is 2.67. The Balaban J connectivity index is 2.02. The molecule has 102 valence electrons. The molecule has 0 aromatic carbocycles. The number of nitrogens with one attached hydrogen (secondary N) is 2. The first-order valence-electron chi connectivity index (χ1n) is 6.00. The summed E-state index contributed by atoms with van der Waals surface area (Å²) in [6, 6.07) is 1.91. The molecule has 2 aromatic heterocycles. The molecule has 2 heterocycles. The monoisotopic (exact) mass is 297 g/mol. The molecule has 0 radical (unpaired) electrons. The lowest BCUT2D eigenvalue weighted by Gasteiger charge is -2.10. The van der Waals surface area contributed by atoms with E-state index in [9.17, 15) is 9.59 Å². The molecule has 0 saturated carbocycles. The molecule has 0 aliphatic rings. The van der Waals surface area contributed by atoms with Crippen LogP contribution in [0.5, 0.6) is 0 Å². The molecular formula is C12H15N3O2S2. The number of carbonyl (C=O) groups is 1. The number of thiophene rings is 1. The van der Waals surface area contributed by atoms with E-state index in [2.05, 4.69) is 15.3 Å². The fourth-order valence-electron chi connectivity index (χ4n) is 1.47. The van der Waals surface area contributed by atoms with E-state index in [0.717, 1.165) is 6.42 Å². The number of nitrogens with zero attached hydrogens (tertiary/aromatic N) is 1. The number of thioether (sulfide) groups is 1. The van der Waals surface area contributed by atoms with Crippen LogP contribution in [0.3, 0.4) is 0 Å². The second-order valence-electron chi connectivity index (χ2n) is 4.18. The molecule has 1 atom stereocenters. The SMILES string of the molecule is CC[C@H](C)NC(=O)CSc1nc2sccc2c(=O)[nH]1. The summed E-state index contributed by atoms with van der Waals surface area (Å²) in [4.78, 5) is 31.1. The van der Waals surface area contributed by atoms with Gasteiger partial charge in [0.05, 0.1) is 11.1 Å². The first kappa shape index (κ1) is 14.1. The van der Waals surface area contributed by atoms with Crippen LogP contribution in [0, 0.1) is 0 Å². The molecule has 1 amide bonds. The van der Waals surface area contributed by atoms with Crippen molar-refractivity contribution in [3.63, 3.8) is 0 Å². The lowest BCUT2D eigenvalue weighted by Crippen LogP contribution is -2.33. The number of carbonyl (C=O) groups excluding carboxylic acids is 1. The summed E-state index contributed by atoms with van der Waals surface area (Å²) in [6.45, 7) is 3.97. The largest absolute Gasteiger partial charge is 0.353 e. The van der Waals surface area contributed by atoms with Crippen LogP contribution in [-0.2, 0) is 4.79 Å². The fraction of sp³-hybridized carbons (Fsp3) is 0.417. The van der Waals surface area contributed by atoms with Crippen molar-refractivity contribution >= 4 is 39.2 Å². The van der Waals surface area contributed by atoms with E-state index in [1.807, 2.05) is 19.2 Å². The number of amides is 1. The van der Waals surface area contributed by atoms with Gasteiger partial charge in [0.15, 0.2) is 5.16 Å². The molecule has 19 heavy (non-hydrogen) atoms. The molecule has 2 rings (SSSR count). The Kier molecular flexibility index (Phi) is 4.60. The molecule has 0 bridgehead atoms. The maximum atomic E-state index is 11.7. The molecule has 0 fully saturated rings. The van der Waals surface area contributed by atoms with Gasteiger partial charge in [-0.1, -0.05) is 18.7 Å². The van der Waals surface area contributed by atoms with Crippen molar-refractivity contribution in [2.45, 2.75) is 31.5 Å². The average molecular weight is 297 g/mol. The highest BCUT2D eigenvalue weighted by Gasteiger charge is 2.09. The predicted octanol–water partition coefficient (Wildman–Crippen LogP) is 1.99. The van der Waals surface area contributed by atoms with Crippen LogP contribution in [0.15, 0.2) is 21.4 Å². The molecule has 0 unspecified atom stereocenters. The Morgan fingerprint density at radius 2 is 2.42 bits per heavy atom. The molecule has 0 aliphatic heterocycles. The summed E-state index contributed by atoms with van der Waals surface area (Å²) >= 11 is 2.66. The molecule has 2 N–H and O–H groups in total. The minimum Gasteiger partial charge on any atom is -0.353 e. The van der Waals surface area contributed by atoms with E-state index in [0.29, 0.717) is 15.4 Å². The number of aromatic nitrogens is 2. The van der Waals surface area contributed by atoms with E-state index in [-0.39, 0.29) is 23.3 Å². The van der Waals surface area contributed by atoms with Gasteiger partial charge in [-0.2, -0.15) is 0 Å². The molecule has 0 aliphatic carbocycles. The summed E-state index contributed by atoms with van der Waals surface area (Å²) < 4.78 is 0. The zero-order valence-corrected chi connectivity index (χ0v) is 12.4. The normalized spacial score (nSPS) is 12.5.